The van der Waals surface area contributed by atoms with Gasteiger partial charge in [0.25, 0.3) is 0 Å². The second-order valence-electron chi connectivity index (χ2n) is 8.07. The third-order valence-corrected chi connectivity index (χ3v) is 6.22. The van der Waals surface area contributed by atoms with Crippen LogP contribution in [0, 0.1) is 5.92 Å². The van der Waals surface area contributed by atoms with E-state index in [4.69, 9.17) is 15.5 Å². The number of aromatic nitrogens is 4. The number of hydrogen-bond donors (Lipinski definition) is 3. The number of aliphatic carboxylic acids is 1. The molecule has 31 heavy (non-hydrogen) atoms. The van der Waals surface area contributed by atoms with Gasteiger partial charge in [-0.1, -0.05) is 12.1 Å². The summed E-state index contributed by atoms with van der Waals surface area (Å²) in [6, 6.07) is 8.00. The van der Waals surface area contributed by atoms with Crippen LogP contribution in [0.5, 0.6) is 5.75 Å². The van der Waals surface area contributed by atoms with Crippen molar-refractivity contribution in [1.82, 2.24) is 19.4 Å². The van der Waals surface area contributed by atoms with Gasteiger partial charge in [0.05, 0.1) is 23.7 Å². The molecular formula is C23H25N5O3. The van der Waals surface area contributed by atoms with Gasteiger partial charge in [-0.25, -0.2) is 9.97 Å². The van der Waals surface area contributed by atoms with Crippen molar-refractivity contribution >= 4 is 28.2 Å². The molecule has 0 unspecified atom stereocenters. The molecule has 1 saturated carbocycles. The van der Waals surface area contributed by atoms with E-state index >= 15 is 0 Å². The Morgan fingerprint density at radius 2 is 2.13 bits per heavy atom. The Kier molecular flexibility index (Phi) is 4.77. The van der Waals surface area contributed by atoms with E-state index in [2.05, 4.69) is 16.0 Å². The van der Waals surface area contributed by atoms with Crippen molar-refractivity contribution in [3.8, 4) is 17.1 Å². The van der Waals surface area contributed by atoms with E-state index in [1.54, 1.807) is 6.20 Å². The number of aromatic amines is 1. The summed E-state index contributed by atoms with van der Waals surface area (Å²) in [6.45, 7) is 2.55. The first-order valence-corrected chi connectivity index (χ1v) is 10.7. The Labute approximate surface area is 179 Å². The number of H-pyrrole nitrogens is 1. The Bertz CT molecular complexity index is 1270. The number of anilines is 1. The first-order valence-electron chi connectivity index (χ1n) is 10.7. The lowest BCUT2D eigenvalue weighted by atomic mass is 9.81. The van der Waals surface area contributed by atoms with E-state index in [0.717, 1.165) is 52.2 Å². The maximum absolute atomic E-state index is 11.3. The Morgan fingerprint density at radius 3 is 2.87 bits per heavy atom. The molecule has 1 aromatic carbocycles. The summed E-state index contributed by atoms with van der Waals surface area (Å²) in [6.07, 6.45) is 6.47. The van der Waals surface area contributed by atoms with Gasteiger partial charge >= 0.3 is 5.97 Å². The summed E-state index contributed by atoms with van der Waals surface area (Å²) in [5, 5.41) is 10.4. The average Bonchev–Trinajstić information content (AvgIpc) is 3.37. The molecule has 0 atom stereocenters. The SMILES string of the molecule is CCOc1cccc2cc(-c3nc([C@H]4CC[C@H](C(=O)O)CC4)n4ccnc(N)c34)[nH]c12. The quantitative estimate of drug-likeness (QED) is 0.446. The predicted molar refractivity (Wildman–Crippen MR) is 118 cm³/mol. The zero-order chi connectivity index (χ0) is 21.5. The van der Waals surface area contributed by atoms with Crippen LogP contribution in [0.2, 0.25) is 0 Å². The van der Waals surface area contributed by atoms with Crippen molar-refractivity contribution in [2.75, 3.05) is 12.3 Å². The number of nitrogen functional groups attached to an aromatic ring is 1. The fraction of sp³-hybridized carbons (Fsp3) is 0.348. The highest BCUT2D eigenvalue weighted by atomic mass is 16.5. The summed E-state index contributed by atoms with van der Waals surface area (Å²) < 4.78 is 7.78. The number of imidazole rings is 1. The maximum atomic E-state index is 11.3. The number of carboxylic acids is 1. The topological polar surface area (TPSA) is 119 Å². The molecule has 0 radical (unpaired) electrons. The molecule has 5 rings (SSSR count). The molecule has 160 valence electrons. The lowest BCUT2D eigenvalue weighted by Gasteiger charge is -2.25. The van der Waals surface area contributed by atoms with Crippen LogP contribution in [0.3, 0.4) is 0 Å². The maximum Gasteiger partial charge on any atom is 0.306 e. The molecule has 1 fully saturated rings. The van der Waals surface area contributed by atoms with E-state index in [9.17, 15) is 9.90 Å². The van der Waals surface area contributed by atoms with Crippen LogP contribution in [-0.2, 0) is 4.79 Å². The third kappa shape index (κ3) is 3.28. The summed E-state index contributed by atoms with van der Waals surface area (Å²) in [5.41, 5.74) is 9.57. The standard InChI is InChI=1S/C23H25N5O3/c1-2-31-17-5-3-4-15-12-16(26-18(15)17)19-20-21(24)25-10-11-28(20)22(27-19)13-6-8-14(9-7-13)23(29)30/h3-5,10-14,26H,2,6-9H2,1H3,(H2,24,25)(H,29,30)/t13-,14-. The largest absolute Gasteiger partial charge is 0.492 e. The number of carbonyl (C=O) groups is 1. The van der Waals surface area contributed by atoms with Crippen molar-refractivity contribution < 1.29 is 14.6 Å². The van der Waals surface area contributed by atoms with Crippen LogP contribution < -0.4 is 10.5 Å². The molecule has 1 aliphatic rings. The number of benzene rings is 1. The molecule has 3 aromatic heterocycles. The number of para-hydroxylation sites is 1. The molecule has 4 aromatic rings. The van der Waals surface area contributed by atoms with E-state index in [1.165, 1.54) is 0 Å². The number of nitrogens with zero attached hydrogens (tertiary/aromatic N) is 3. The average molecular weight is 419 g/mol. The van der Waals surface area contributed by atoms with Crippen LogP contribution in [0.25, 0.3) is 27.8 Å². The van der Waals surface area contributed by atoms with E-state index in [-0.39, 0.29) is 11.8 Å². The molecule has 0 bridgehead atoms. The van der Waals surface area contributed by atoms with Gasteiger partial charge in [-0.3, -0.25) is 9.20 Å². The second-order valence-corrected chi connectivity index (χ2v) is 8.07. The first kappa shape index (κ1) is 19.4. The number of nitrogens with one attached hydrogen (secondary N) is 1. The number of fused-ring (bicyclic) bond motifs is 2. The molecule has 0 spiro atoms. The van der Waals surface area contributed by atoms with Gasteiger partial charge in [-0.05, 0) is 44.7 Å². The third-order valence-electron chi connectivity index (χ3n) is 6.22. The monoisotopic (exact) mass is 419 g/mol. The van der Waals surface area contributed by atoms with Crippen LogP contribution in [0.4, 0.5) is 5.82 Å². The minimum atomic E-state index is -0.705. The highest BCUT2D eigenvalue weighted by Gasteiger charge is 2.30. The van der Waals surface area contributed by atoms with E-state index in [0.29, 0.717) is 25.3 Å². The minimum Gasteiger partial charge on any atom is -0.492 e. The smallest absolute Gasteiger partial charge is 0.306 e. The fourth-order valence-electron chi connectivity index (χ4n) is 4.69. The van der Waals surface area contributed by atoms with Gasteiger partial charge in [-0.2, -0.15) is 0 Å². The van der Waals surface area contributed by atoms with Gasteiger partial charge in [0.15, 0.2) is 0 Å². The highest BCUT2D eigenvalue weighted by molar-refractivity contribution is 5.93. The van der Waals surface area contributed by atoms with Gasteiger partial charge in [0, 0.05) is 23.7 Å². The molecule has 8 heteroatoms. The Morgan fingerprint density at radius 1 is 1.32 bits per heavy atom. The Hall–Kier alpha value is -3.55. The van der Waals surface area contributed by atoms with E-state index in [1.807, 2.05) is 35.7 Å². The fourth-order valence-corrected chi connectivity index (χ4v) is 4.69. The number of rotatable bonds is 5. The lowest BCUT2D eigenvalue weighted by Crippen LogP contribution is -2.21. The predicted octanol–water partition coefficient (Wildman–Crippen LogP) is 4.22. The van der Waals surface area contributed by atoms with Crippen LogP contribution in [-0.4, -0.2) is 37.0 Å². The van der Waals surface area contributed by atoms with Crippen LogP contribution in [0.1, 0.15) is 44.3 Å². The molecule has 0 saturated heterocycles. The molecule has 4 N–H and O–H groups in total. The number of hydrogen-bond acceptors (Lipinski definition) is 5. The lowest BCUT2D eigenvalue weighted by molar-refractivity contribution is -0.142. The molecule has 0 aliphatic heterocycles. The molecule has 1 aliphatic carbocycles. The summed E-state index contributed by atoms with van der Waals surface area (Å²) in [5.74, 6) is 1.34. The number of carboxylic acid groups (broad SMARTS) is 1. The van der Waals surface area contributed by atoms with Crippen molar-refractivity contribution in [3.05, 3.63) is 42.5 Å². The van der Waals surface area contributed by atoms with Crippen molar-refractivity contribution in [3.63, 3.8) is 0 Å². The zero-order valence-corrected chi connectivity index (χ0v) is 17.3. The number of ether oxygens (including phenoxy) is 1. The number of nitrogens with two attached hydrogens (primary N) is 1. The summed E-state index contributed by atoms with van der Waals surface area (Å²) in [7, 11) is 0. The van der Waals surface area contributed by atoms with Crippen molar-refractivity contribution in [1.29, 1.82) is 0 Å². The second kappa shape index (κ2) is 7.61. The van der Waals surface area contributed by atoms with E-state index < -0.39 is 5.97 Å². The van der Waals surface area contributed by atoms with Gasteiger partial charge in [-0.15, -0.1) is 0 Å². The first-order chi connectivity index (χ1) is 15.1. The van der Waals surface area contributed by atoms with Gasteiger partial charge in [0.2, 0.25) is 0 Å². The highest BCUT2D eigenvalue weighted by Crippen LogP contribution is 2.39. The summed E-state index contributed by atoms with van der Waals surface area (Å²) in [4.78, 5) is 24.1. The van der Waals surface area contributed by atoms with Gasteiger partial charge < -0.3 is 20.6 Å². The van der Waals surface area contributed by atoms with Crippen molar-refractivity contribution in [2.24, 2.45) is 5.92 Å². The summed E-state index contributed by atoms with van der Waals surface area (Å²) >= 11 is 0. The molecule has 0 amide bonds. The molecular weight excluding hydrogens is 394 g/mol. The minimum absolute atomic E-state index is 0.182. The zero-order valence-electron chi connectivity index (χ0n) is 17.3. The van der Waals surface area contributed by atoms with Gasteiger partial charge in [0.1, 0.15) is 28.6 Å². The van der Waals surface area contributed by atoms with Crippen LogP contribution >= 0.6 is 0 Å². The normalized spacial score (nSPS) is 19.1. The Balaban J connectivity index is 1.61. The van der Waals surface area contributed by atoms with Crippen molar-refractivity contribution in [2.45, 2.75) is 38.5 Å². The molecule has 8 nitrogen and oxygen atoms in total. The molecule has 3 heterocycles. The van der Waals surface area contributed by atoms with Crippen LogP contribution in [0.15, 0.2) is 36.7 Å².